The van der Waals surface area contributed by atoms with E-state index in [-0.39, 0.29) is 0 Å². The van der Waals surface area contributed by atoms with Crippen molar-refractivity contribution in [2.45, 2.75) is 84.0 Å². The third-order valence-corrected chi connectivity index (χ3v) is 4.74. The fraction of sp³-hybridized carbons (Fsp3) is 0.778. The molecule has 1 aliphatic carbocycles. The van der Waals surface area contributed by atoms with Crippen LogP contribution in [0.4, 0.5) is 0 Å². The number of aromatic nitrogens is 2. The first-order chi connectivity index (χ1) is 9.83. The van der Waals surface area contributed by atoms with Crippen molar-refractivity contribution in [1.82, 2.24) is 10.2 Å². The van der Waals surface area contributed by atoms with Gasteiger partial charge in [-0.05, 0) is 56.6 Å². The van der Waals surface area contributed by atoms with E-state index in [2.05, 4.69) is 36.2 Å². The number of rotatable bonds is 7. The standard InChI is InChI=1S/C18H30N2/c1-3-5-6-8-17-13-14-18(20-19-17)16-11-9-15(7-4-2)10-12-16/h13-16H,3-12H2,1-2H3/t15-,16-. The van der Waals surface area contributed by atoms with Crippen LogP contribution in [0.5, 0.6) is 0 Å². The van der Waals surface area contributed by atoms with Crippen molar-refractivity contribution in [2.24, 2.45) is 5.92 Å². The minimum absolute atomic E-state index is 0.667. The Labute approximate surface area is 124 Å². The van der Waals surface area contributed by atoms with E-state index >= 15 is 0 Å². The molecule has 1 heterocycles. The largest absolute Gasteiger partial charge is 0.155 e. The smallest absolute Gasteiger partial charge is 0.0662 e. The highest BCUT2D eigenvalue weighted by atomic mass is 15.1. The first kappa shape index (κ1) is 15.5. The fourth-order valence-corrected chi connectivity index (χ4v) is 3.43. The molecule has 0 N–H and O–H groups in total. The van der Waals surface area contributed by atoms with Gasteiger partial charge >= 0.3 is 0 Å². The van der Waals surface area contributed by atoms with Crippen LogP contribution < -0.4 is 0 Å². The molecule has 1 aliphatic rings. The summed E-state index contributed by atoms with van der Waals surface area (Å²) in [7, 11) is 0. The summed E-state index contributed by atoms with van der Waals surface area (Å²) in [5, 5.41) is 8.93. The highest BCUT2D eigenvalue weighted by Crippen LogP contribution is 2.36. The molecular weight excluding hydrogens is 244 g/mol. The molecule has 0 aliphatic heterocycles. The second-order valence-electron chi connectivity index (χ2n) is 6.41. The van der Waals surface area contributed by atoms with Crippen molar-refractivity contribution in [2.75, 3.05) is 0 Å². The van der Waals surface area contributed by atoms with Gasteiger partial charge in [0.05, 0.1) is 11.4 Å². The molecule has 20 heavy (non-hydrogen) atoms. The Balaban J connectivity index is 1.81. The highest BCUT2D eigenvalue weighted by molar-refractivity contribution is 5.12. The fourth-order valence-electron chi connectivity index (χ4n) is 3.43. The molecule has 1 aromatic rings. The minimum atomic E-state index is 0.667. The van der Waals surface area contributed by atoms with Gasteiger partial charge in [-0.3, -0.25) is 0 Å². The predicted octanol–water partition coefficient (Wildman–Crippen LogP) is 5.28. The van der Waals surface area contributed by atoms with Crippen LogP contribution in [0.15, 0.2) is 12.1 Å². The third-order valence-electron chi connectivity index (χ3n) is 4.74. The zero-order valence-electron chi connectivity index (χ0n) is 13.3. The topological polar surface area (TPSA) is 25.8 Å². The van der Waals surface area contributed by atoms with E-state index in [1.807, 2.05) is 0 Å². The van der Waals surface area contributed by atoms with Crippen molar-refractivity contribution in [3.05, 3.63) is 23.5 Å². The normalized spacial score (nSPS) is 22.9. The summed E-state index contributed by atoms with van der Waals surface area (Å²) in [6.07, 6.45) is 13.0. The van der Waals surface area contributed by atoms with E-state index < -0.39 is 0 Å². The lowest BCUT2D eigenvalue weighted by Crippen LogP contribution is -2.14. The molecule has 0 amide bonds. The second kappa shape index (κ2) is 8.39. The van der Waals surface area contributed by atoms with Crippen LogP contribution in [0.1, 0.15) is 88.9 Å². The molecule has 2 nitrogen and oxygen atoms in total. The van der Waals surface area contributed by atoms with Gasteiger partial charge in [0.15, 0.2) is 0 Å². The Kier molecular flexibility index (Phi) is 6.49. The Hall–Kier alpha value is -0.920. The number of nitrogens with zero attached hydrogens (tertiary/aromatic N) is 2. The maximum absolute atomic E-state index is 4.50. The summed E-state index contributed by atoms with van der Waals surface area (Å²) >= 11 is 0. The van der Waals surface area contributed by atoms with Gasteiger partial charge in [-0.2, -0.15) is 10.2 Å². The number of hydrogen-bond donors (Lipinski definition) is 0. The molecular formula is C18H30N2. The quantitative estimate of drug-likeness (QED) is 0.632. The monoisotopic (exact) mass is 274 g/mol. The summed E-state index contributed by atoms with van der Waals surface area (Å²) in [6.45, 7) is 4.54. The predicted molar refractivity (Wildman–Crippen MR) is 84.9 cm³/mol. The molecule has 2 heteroatoms. The lowest BCUT2D eigenvalue weighted by molar-refractivity contribution is 0.304. The molecule has 112 valence electrons. The summed E-state index contributed by atoms with van der Waals surface area (Å²) in [6, 6.07) is 4.44. The first-order valence-electron chi connectivity index (χ1n) is 8.66. The molecule has 0 saturated heterocycles. The third kappa shape index (κ3) is 4.57. The zero-order valence-corrected chi connectivity index (χ0v) is 13.3. The van der Waals surface area contributed by atoms with Crippen LogP contribution in [0, 0.1) is 5.92 Å². The number of unbranched alkanes of at least 4 members (excludes halogenated alkanes) is 2. The van der Waals surface area contributed by atoms with Gasteiger partial charge in [-0.1, -0.05) is 39.5 Å². The van der Waals surface area contributed by atoms with Gasteiger partial charge < -0.3 is 0 Å². The van der Waals surface area contributed by atoms with Crippen LogP contribution >= 0.6 is 0 Å². The van der Waals surface area contributed by atoms with E-state index in [0.29, 0.717) is 5.92 Å². The number of aryl methyl sites for hydroxylation is 1. The van der Waals surface area contributed by atoms with Crippen molar-refractivity contribution in [1.29, 1.82) is 0 Å². The second-order valence-corrected chi connectivity index (χ2v) is 6.41. The lowest BCUT2D eigenvalue weighted by atomic mass is 9.79. The van der Waals surface area contributed by atoms with E-state index in [1.54, 1.807) is 0 Å². The molecule has 0 bridgehead atoms. The number of hydrogen-bond acceptors (Lipinski definition) is 2. The Morgan fingerprint density at radius 1 is 0.950 bits per heavy atom. The average Bonchev–Trinajstić information content (AvgIpc) is 2.49. The summed E-state index contributed by atoms with van der Waals surface area (Å²) < 4.78 is 0. The van der Waals surface area contributed by atoms with Gasteiger partial charge in [-0.25, -0.2) is 0 Å². The Morgan fingerprint density at radius 2 is 1.75 bits per heavy atom. The van der Waals surface area contributed by atoms with Gasteiger partial charge in [0.1, 0.15) is 0 Å². The average molecular weight is 274 g/mol. The molecule has 1 saturated carbocycles. The SMILES string of the molecule is CCCCCc1ccc([C@H]2CC[C@H](CCC)CC2)nn1. The molecule has 0 aromatic carbocycles. The van der Waals surface area contributed by atoms with Gasteiger partial charge in [0, 0.05) is 5.92 Å². The molecule has 0 radical (unpaired) electrons. The maximum Gasteiger partial charge on any atom is 0.0662 e. The van der Waals surface area contributed by atoms with Gasteiger partial charge in [-0.15, -0.1) is 0 Å². The summed E-state index contributed by atoms with van der Waals surface area (Å²) in [4.78, 5) is 0. The molecule has 0 unspecified atom stereocenters. The maximum atomic E-state index is 4.50. The van der Waals surface area contributed by atoms with Gasteiger partial charge in [0.2, 0.25) is 0 Å². The van der Waals surface area contributed by atoms with Crippen LogP contribution in [-0.2, 0) is 6.42 Å². The van der Waals surface area contributed by atoms with Crippen molar-refractivity contribution in [3.8, 4) is 0 Å². The molecule has 0 atom stereocenters. The summed E-state index contributed by atoms with van der Waals surface area (Å²) in [5.41, 5.74) is 2.40. The first-order valence-corrected chi connectivity index (χ1v) is 8.66. The van der Waals surface area contributed by atoms with E-state index in [9.17, 15) is 0 Å². The van der Waals surface area contributed by atoms with Crippen molar-refractivity contribution < 1.29 is 0 Å². The van der Waals surface area contributed by atoms with E-state index in [4.69, 9.17) is 0 Å². The Bertz CT molecular complexity index is 364. The summed E-state index contributed by atoms with van der Waals surface area (Å²) in [5.74, 6) is 1.64. The molecule has 1 aromatic heterocycles. The lowest BCUT2D eigenvalue weighted by Gasteiger charge is -2.27. The van der Waals surface area contributed by atoms with Gasteiger partial charge in [0.25, 0.3) is 0 Å². The highest BCUT2D eigenvalue weighted by Gasteiger charge is 2.22. The van der Waals surface area contributed by atoms with Crippen molar-refractivity contribution >= 4 is 0 Å². The molecule has 2 rings (SSSR count). The Morgan fingerprint density at radius 3 is 2.35 bits per heavy atom. The zero-order chi connectivity index (χ0) is 14.2. The van der Waals surface area contributed by atoms with E-state index in [0.717, 1.165) is 12.3 Å². The van der Waals surface area contributed by atoms with Crippen LogP contribution in [0.25, 0.3) is 0 Å². The van der Waals surface area contributed by atoms with E-state index in [1.165, 1.54) is 69.2 Å². The van der Waals surface area contributed by atoms with Crippen LogP contribution in [0.3, 0.4) is 0 Å². The molecule has 0 spiro atoms. The van der Waals surface area contributed by atoms with Crippen molar-refractivity contribution in [3.63, 3.8) is 0 Å². The van der Waals surface area contributed by atoms with Crippen LogP contribution in [0.2, 0.25) is 0 Å². The van der Waals surface area contributed by atoms with Crippen LogP contribution in [-0.4, -0.2) is 10.2 Å². The molecule has 1 fully saturated rings. The minimum Gasteiger partial charge on any atom is -0.155 e.